The second-order valence-corrected chi connectivity index (χ2v) is 5.49. The first kappa shape index (κ1) is 19.2. The number of halogens is 3. The summed E-state index contributed by atoms with van der Waals surface area (Å²) in [6.07, 6.45) is -4.44. The van der Waals surface area contributed by atoms with Crippen LogP contribution in [-0.2, 0) is 6.54 Å². The zero-order chi connectivity index (χ0) is 19.3. The number of nitrogens with one attached hydrogen (secondary N) is 1. The number of nitro groups is 1. The number of carbonyl (C=O) groups is 1. The third-order valence-electron chi connectivity index (χ3n) is 3.42. The van der Waals surface area contributed by atoms with Crippen molar-refractivity contribution in [2.75, 3.05) is 6.61 Å². The highest BCUT2D eigenvalue weighted by Gasteiger charge is 2.28. The molecular formula is C17H15F3N2O4. The second-order valence-electron chi connectivity index (χ2n) is 5.49. The van der Waals surface area contributed by atoms with Gasteiger partial charge in [-0.25, -0.2) is 0 Å². The van der Waals surface area contributed by atoms with Crippen molar-refractivity contribution in [3.63, 3.8) is 0 Å². The zero-order valence-electron chi connectivity index (χ0n) is 13.7. The molecule has 0 aliphatic carbocycles. The molecule has 0 spiro atoms. The van der Waals surface area contributed by atoms with Gasteiger partial charge in [0.15, 0.2) is 6.61 Å². The lowest BCUT2D eigenvalue weighted by atomic mass is 10.1. The number of rotatable bonds is 6. The highest BCUT2D eigenvalue weighted by molar-refractivity contribution is 5.94. The van der Waals surface area contributed by atoms with E-state index in [0.29, 0.717) is 11.1 Å². The quantitative estimate of drug-likeness (QED) is 0.622. The fourth-order valence-corrected chi connectivity index (χ4v) is 2.14. The van der Waals surface area contributed by atoms with Crippen LogP contribution < -0.4 is 10.1 Å². The summed E-state index contributed by atoms with van der Waals surface area (Å²) in [7, 11) is 0. The van der Waals surface area contributed by atoms with E-state index >= 15 is 0 Å². The third-order valence-corrected chi connectivity index (χ3v) is 3.42. The molecule has 1 N–H and O–H groups in total. The number of nitro benzene ring substituents is 1. The van der Waals surface area contributed by atoms with Gasteiger partial charge in [0.2, 0.25) is 0 Å². The van der Waals surface area contributed by atoms with E-state index in [0.717, 1.165) is 0 Å². The van der Waals surface area contributed by atoms with Crippen molar-refractivity contribution in [3.8, 4) is 5.75 Å². The van der Waals surface area contributed by atoms with Crippen molar-refractivity contribution in [1.82, 2.24) is 5.32 Å². The van der Waals surface area contributed by atoms with Gasteiger partial charge in [-0.15, -0.1) is 0 Å². The Hall–Kier alpha value is -3.10. The maximum Gasteiger partial charge on any atom is 0.422 e. The number of hydrogen-bond acceptors (Lipinski definition) is 4. The minimum absolute atomic E-state index is 0.0278. The SMILES string of the molecule is Cc1ccc(C(=O)NCc2cccc(OCC(F)(F)F)c2)cc1[N+](=O)[O-]. The van der Waals surface area contributed by atoms with E-state index < -0.39 is 23.6 Å². The summed E-state index contributed by atoms with van der Waals surface area (Å²) in [4.78, 5) is 22.5. The third kappa shape index (κ3) is 5.47. The van der Waals surface area contributed by atoms with Gasteiger partial charge in [-0.2, -0.15) is 13.2 Å². The highest BCUT2D eigenvalue weighted by Crippen LogP contribution is 2.20. The number of benzene rings is 2. The van der Waals surface area contributed by atoms with E-state index in [1.165, 1.54) is 36.4 Å². The molecule has 0 bridgehead atoms. The Morgan fingerprint density at radius 1 is 1.23 bits per heavy atom. The van der Waals surface area contributed by atoms with Gasteiger partial charge in [0.25, 0.3) is 11.6 Å². The average molecular weight is 368 g/mol. The zero-order valence-corrected chi connectivity index (χ0v) is 13.7. The second kappa shape index (κ2) is 7.85. The van der Waals surface area contributed by atoms with Crippen LogP contribution in [0.3, 0.4) is 0 Å². The van der Waals surface area contributed by atoms with Crippen LogP contribution >= 0.6 is 0 Å². The molecule has 6 nitrogen and oxygen atoms in total. The van der Waals surface area contributed by atoms with Crippen molar-refractivity contribution in [2.45, 2.75) is 19.6 Å². The molecule has 138 valence electrons. The number of ether oxygens (including phenoxy) is 1. The fraction of sp³-hybridized carbons (Fsp3) is 0.235. The summed E-state index contributed by atoms with van der Waals surface area (Å²) in [5.41, 5.74) is 0.910. The monoisotopic (exact) mass is 368 g/mol. The highest BCUT2D eigenvalue weighted by atomic mass is 19.4. The molecule has 0 heterocycles. The van der Waals surface area contributed by atoms with E-state index in [1.807, 2.05) is 0 Å². The number of amides is 1. The van der Waals surface area contributed by atoms with Gasteiger partial charge in [0.05, 0.1) is 4.92 Å². The molecule has 0 fully saturated rings. The summed E-state index contributed by atoms with van der Waals surface area (Å²) in [6.45, 7) is 0.186. The predicted molar refractivity (Wildman–Crippen MR) is 87.0 cm³/mol. The molecule has 0 aromatic heterocycles. The molecule has 0 unspecified atom stereocenters. The molecule has 0 atom stereocenters. The Balaban J connectivity index is 2.01. The summed E-state index contributed by atoms with van der Waals surface area (Å²) in [6, 6.07) is 9.97. The normalized spacial score (nSPS) is 11.1. The number of carbonyl (C=O) groups excluding carboxylic acids is 1. The van der Waals surface area contributed by atoms with E-state index in [2.05, 4.69) is 10.1 Å². The van der Waals surface area contributed by atoms with Gasteiger partial charge in [-0.05, 0) is 30.7 Å². The first-order valence-corrected chi connectivity index (χ1v) is 7.47. The minimum Gasteiger partial charge on any atom is -0.484 e. The maximum absolute atomic E-state index is 12.2. The average Bonchev–Trinajstić information content (AvgIpc) is 2.58. The smallest absolute Gasteiger partial charge is 0.422 e. The predicted octanol–water partition coefficient (Wildman–Crippen LogP) is 3.77. The first-order valence-electron chi connectivity index (χ1n) is 7.47. The molecule has 0 saturated carbocycles. The van der Waals surface area contributed by atoms with Crippen molar-refractivity contribution in [1.29, 1.82) is 0 Å². The first-order chi connectivity index (χ1) is 12.2. The molecule has 2 aromatic rings. The van der Waals surface area contributed by atoms with Gasteiger partial charge in [0, 0.05) is 23.7 Å². The number of alkyl halides is 3. The van der Waals surface area contributed by atoms with E-state index in [1.54, 1.807) is 13.0 Å². The van der Waals surface area contributed by atoms with Crippen LogP contribution in [0, 0.1) is 17.0 Å². The molecule has 1 amide bonds. The van der Waals surface area contributed by atoms with E-state index in [4.69, 9.17) is 0 Å². The summed E-state index contributed by atoms with van der Waals surface area (Å²) < 4.78 is 41.2. The van der Waals surface area contributed by atoms with Gasteiger partial charge < -0.3 is 10.1 Å². The molecule has 2 rings (SSSR count). The van der Waals surface area contributed by atoms with Crippen molar-refractivity contribution < 1.29 is 27.6 Å². The minimum atomic E-state index is -4.44. The van der Waals surface area contributed by atoms with Crippen LogP contribution in [0.2, 0.25) is 0 Å². The molecule has 0 aliphatic rings. The Labute approximate surface area is 146 Å². The maximum atomic E-state index is 12.2. The topological polar surface area (TPSA) is 81.5 Å². The molecule has 0 aliphatic heterocycles. The number of nitrogens with zero attached hydrogens (tertiary/aromatic N) is 1. The van der Waals surface area contributed by atoms with E-state index in [-0.39, 0.29) is 23.5 Å². The van der Waals surface area contributed by atoms with Crippen LogP contribution in [-0.4, -0.2) is 23.6 Å². The lowest BCUT2D eigenvalue weighted by Crippen LogP contribution is -2.23. The van der Waals surface area contributed by atoms with E-state index in [9.17, 15) is 28.1 Å². The fourth-order valence-electron chi connectivity index (χ4n) is 2.14. The van der Waals surface area contributed by atoms with Crippen LogP contribution in [0.15, 0.2) is 42.5 Å². The number of hydrogen-bond donors (Lipinski definition) is 1. The molecule has 0 radical (unpaired) electrons. The molecule has 0 saturated heterocycles. The van der Waals surface area contributed by atoms with Gasteiger partial charge in [-0.1, -0.05) is 18.2 Å². The lowest BCUT2D eigenvalue weighted by molar-refractivity contribution is -0.385. The van der Waals surface area contributed by atoms with Crippen LogP contribution in [0.25, 0.3) is 0 Å². The van der Waals surface area contributed by atoms with Crippen LogP contribution in [0.5, 0.6) is 5.75 Å². The van der Waals surface area contributed by atoms with Crippen LogP contribution in [0.1, 0.15) is 21.5 Å². The molecule has 26 heavy (non-hydrogen) atoms. The summed E-state index contributed by atoms with van der Waals surface area (Å²) in [5, 5.41) is 13.5. The molecule has 2 aromatic carbocycles. The summed E-state index contributed by atoms with van der Waals surface area (Å²) in [5.74, 6) is -0.505. The van der Waals surface area contributed by atoms with Crippen molar-refractivity contribution in [2.24, 2.45) is 0 Å². The lowest BCUT2D eigenvalue weighted by Gasteiger charge is -2.11. The van der Waals surface area contributed by atoms with Gasteiger partial charge >= 0.3 is 6.18 Å². The Morgan fingerprint density at radius 2 is 1.96 bits per heavy atom. The van der Waals surface area contributed by atoms with Gasteiger partial charge in [-0.3, -0.25) is 14.9 Å². The van der Waals surface area contributed by atoms with Crippen molar-refractivity contribution >= 4 is 11.6 Å². The Kier molecular flexibility index (Phi) is 5.81. The molecular weight excluding hydrogens is 353 g/mol. The van der Waals surface area contributed by atoms with Crippen LogP contribution in [0.4, 0.5) is 18.9 Å². The Morgan fingerprint density at radius 3 is 2.62 bits per heavy atom. The molecule has 9 heteroatoms. The number of aryl methyl sites for hydroxylation is 1. The largest absolute Gasteiger partial charge is 0.484 e. The standard InChI is InChI=1S/C17H15F3N2O4/c1-11-5-6-13(8-15(11)22(24)25)16(23)21-9-12-3-2-4-14(7-12)26-10-17(18,19)20/h2-8H,9-10H2,1H3,(H,21,23). The van der Waals surface area contributed by atoms with Gasteiger partial charge in [0.1, 0.15) is 5.75 Å². The van der Waals surface area contributed by atoms with Crippen molar-refractivity contribution in [3.05, 3.63) is 69.3 Å². The Bertz CT molecular complexity index is 822. The summed E-state index contributed by atoms with van der Waals surface area (Å²) >= 11 is 0.